The Labute approximate surface area is 175 Å². The zero-order valence-electron chi connectivity index (χ0n) is 16.5. The molecule has 0 unspecified atom stereocenters. The van der Waals surface area contributed by atoms with E-state index in [0.717, 1.165) is 24.5 Å². The molecule has 4 rings (SSSR count). The number of aromatic nitrogens is 2. The van der Waals surface area contributed by atoms with E-state index < -0.39 is 0 Å². The van der Waals surface area contributed by atoms with Gasteiger partial charge in [0.25, 0.3) is 0 Å². The topological polar surface area (TPSA) is 36.3 Å². The van der Waals surface area contributed by atoms with Gasteiger partial charge in [0.05, 0.1) is 23.5 Å². The van der Waals surface area contributed by atoms with Crippen LogP contribution >= 0.6 is 12.2 Å². The normalized spacial score (nSPS) is 19.0. The number of hydrogen-bond donors (Lipinski definition) is 1. The number of pyridine rings is 1. The van der Waals surface area contributed by atoms with E-state index in [1.54, 1.807) is 18.3 Å². The Bertz CT molecular complexity index is 988. The molecule has 0 radical (unpaired) electrons. The van der Waals surface area contributed by atoms with Gasteiger partial charge >= 0.3 is 0 Å². The Hall–Kier alpha value is -2.77. The molecule has 1 aliphatic rings. The van der Waals surface area contributed by atoms with Crippen LogP contribution in [0.4, 0.5) is 4.39 Å². The maximum absolute atomic E-state index is 14.6. The summed E-state index contributed by atoms with van der Waals surface area (Å²) in [6.45, 7) is 1.61. The number of halogens is 1. The lowest BCUT2D eigenvalue weighted by Crippen LogP contribution is -2.36. The third kappa shape index (κ3) is 3.88. The Morgan fingerprint density at radius 2 is 1.90 bits per heavy atom. The van der Waals surface area contributed by atoms with Crippen LogP contribution < -0.4 is 5.32 Å². The second-order valence-electron chi connectivity index (χ2n) is 7.38. The minimum absolute atomic E-state index is 0.105. The molecule has 1 N–H and O–H groups in total. The predicted octanol–water partition coefficient (Wildman–Crippen LogP) is 3.55. The van der Waals surface area contributed by atoms with Gasteiger partial charge in [0.1, 0.15) is 5.82 Å². The number of hydrogen-bond acceptors (Lipinski definition) is 3. The standard InChI is InChI=1S/C22H24FN5S/c1-26(2)14-15-28-21(20(25-22(28)29)17-9-5-6-12-24-17)19-11-7-13-27(19)18-10-4-3-8-16(18)23/h3-13,20-21H,14-15H2,1-2H3,(H,25,29)/t20-,21-/m0/s1. The maximum Gasteiger partial charge on any atom is 0.170 e. The Morgan fingerprint density at radius 1 is 1.10 bits per heavy atom. The Morgan fingerprint density at radius 3 is 2.62 bits per heavy atom. The molecule has 0 aliphatic carbocycles. The molecule has 0 amide bonds. The molecule has 1 aliphatic heterocycles. The van der Waals surface area contributed by atoms with Gasteiger partial charge in [0.15, 0.2) is 5.11 Å². The molecule has 7 heteroatoms. The van der Waals surface area contributed by atoms with Gasteiger partial charge in [-0.3, -0.25) is 4.98 Å². The lowest BCUT2D eigenvalue weighted by Gasteiger charge is -2.29. The number of para-hydroxylation sites is 1. The zero-order valence-corrected chi connectivity index (χ0v) is 17.3. The van der Waals surface area contributed by atoms with E-state index in [4.69, 9.17) is 12.2 Å². The lowest BCUT2D eigenvalue weighted by atomic mass is 10.0. The summed E-state index contributed by atoms with van der Waals surface area (Å²) < 4.78 is 16.5. The van der Waals surface area contributed by atoms with Gasteiger partial charge in [-0.25, -0.2) is 4.39 Å². The number of nitrogens with zero attached hydrogens (tertiary/aromatic N) is 4. The first-order chi connectivity index (χ1) is 14.1. The summed E-state index contributed by atoms with van der Waals surface area (Å²) in [5, 5.41) is 4.13. The van der Waals surface area contributed by atoms with Crippen molar-refractivity contribution in [2.45, 2.75) is 12.1 Å². The van der Waals surface area contributed by atoms with Gasteiger partial charge in [-0.2, -0.15) is 0 Å². The first-order valence-electron chi connectivity index (χ1n) is 9.61. The molecule has 150 valence electrons. The fraction of sp³-hybridized carbons (Fsp3) is 0.273. The summed E-state index contributed by atoms with van der Waals surface area (Å²) in [5.41, 5.74) is 2.41. The second kappa shape index (κ2) is 8.31. The van der Waals surface area contributed by atoms with Crippen molar-refractivity contribution in [2.75, 3.05) is 27.2 Å². The van der Waals surface area contributed by atoms with Gasteiger partial charge in [-0.15, -0.1) is 0 Å². The molecule has 3 heterocycles. The molecule has 5 nitrogen and oxygen atoms in total. The number of likely N-dealkylation sites (N-methyl/N-ethyl adjacent to an activating group) is 1. The van der Waals surface area contributed by atoms with Crippen molar-refractivity contribution < 1.29 is 4.39 Å². The highest BCUT2D eigenvalue weighted by molar-refractivity contribution is 7.80. The molecule has 0 bridgehead atoms. The first kappa shape index (κ1) is 19.5. The van der Waals surface area contributed by atoms with Gasteiger partial charge < -0.3 is 19.7 Å². The Kier molecular flexibility index (Phi) is 5.60. The second-order valence-corrected chi connectivity index (χ2v) is 7.76. The molecule has 0 spiro atoms. The minimum atomic E-state index is -0.257. The predicted molar refractivity (Wildman–Crippen MR) is 116 cm³/mol. The van der Waals surface area contributed by atoms with Crippen LogP contribution in [0.15, 0.2) is 67.0 Å². The van der Waals surface area contributed by atoms with Crippen LogP contribution in [0.25, 0.3) is 5.69 Å². The van der Waals surface area contributed by atoms with Crippen molar-refractivity contribution in [3.8, 4) is 5.69 Å². The van der Waals surface area contributed by atoms with Gasteiger partial charge in [-0.05, 0) is 62.7 Å². The average Bonchev–Trinajstić information content (AvgIpc) is 3.31. The Balaban J connectivity index is 1.79. The van der Waals surface area contributed by atoms with E-state index in [0.29, 0.717) is 10.8 Å². The van der Waals surface area contributed by atoms with Gasteiger partial charge in [-0.1, -0.05) is 18.2 Å². The summed E-state index contributed by atoms with van der Waals surface area (Å²) in [6, 6.07) is 16.5. The SMILES string of the molecule is CN(C)CCN1C(=S)N[C@@H](c2ccccn2)[C@@H]1c1cccn1-c1ccccc1F. The number of thiocarbonyl (C=S) groups is 1. The van der Waals surface area contributed by atoms with E-state index in [9.17, 15) is 4.39 Å². The summed E-state index contributed by atoms with van der Waals surface area (Å²) in [5.74, 6) is -0.257. The van der Waals surface area contributed by atoms with E-state index in [1.807, 2.05) is 61.3 Å². The monoisotopic (exact) mass is 409 g/mol. The molecule has 2 atom stereocenters. The maximum atomic E-state index is 14.6. The van der Waals surface area contributed by atoms with Crippen molar-refractivity contribution in [2.24, 2.45) is 0 Å². The molecule has 3 aromatic rings. The average molecular weight is 410 g/mol. The molecule has 2 aromatic heterocycles. The summed E-state index contributed by atoms with van der Waals surface area (Å²) in [7, 11) is 4.08. The highest BCUT2D eigenvalue weighted by atomic mass is 32.1. The highest BCUT2D eigenvalue weighted by Crippen LogP contribution is 2.39. The molecular weight excluding hydrogens is 385 g/mol. The molecule has 1 aromatic carbocycles. The molecule has 29 heavy (non-hydrogen) atoms. The van der Waals surface area contributed by atoms with Gasteiger partial charge in [0.2, 0.25) is 0 Å². The largest absolute Gasteiger partial charge is 0.352 e. The van der Waals surface area contributed by atoms with E-state index in [1.165, 1.54) is 6.07 Å². The minimum Gasteiger partial charge on any atom is -0.352 e. The van der Waals surface area contributed by atoms with E-state index >= 15 is 0 Å². The summed E-state index contributed by atoms with van der Waals surface area (Å²) >= 11 is 5.69. The van der Waals surface area contributed by atoms with Crippen molar-refractivity contribution in [3.63, 3.8) is 0 Å². The lowest BCUT2D eigenvalue weighted by molar-refractivity contribution is 0.272. The molecule has 1 fully saturated rings. The van der Waals surface area contributed by atoms with Crippen LogP contribution in [-0.2, 0) is 0 Å². The van der Waals surface area contributed by atoms with Crippen LogP contribution in [0.5, 0.6) is 0 Å². The van der Waals surface area contributed by atoms with Crippen molar-refractivity contribution >= 4 is 17.3 Å². The highest BCUT2D eigenvalue weighted by Gasteiger charge is 2.41. The number of benzene rings is 1. The molecule has 1 saturated heterocycles. The number of rotatable bonds is 6. The summed E-state index contributed by atoms with van der Waals surface area (Å²) in [6.07, 6.45) is 3.68. The van der Waals surface area contributed by atoms with Crippen LogP contribution in [0, 0.1) is 5.82 Å². The third-order valence-electron chi connectivity index (χ3n) is 5.18. The third-order valence-corrected chi connectivity index (χ3v) is 5.53. The molecular formula is C22H24FN5S. The van der Waals surface area contributed by atoms with Crippen LogP contribution in [-0.4, -0.2) is 51.6 Å². The zero-order chi connectivity index (χ0) is 20.4. The fourth-order valence-corrected chi connectivity index (χ4v) is 4.11. The smallest absolute Gasteiger partial charge is 0.170 e. The molecule has 0 saturated carbocycles. The van der Waals surface area contributed by atoms with Crippen LogP contribution in [0.3, 0.4) is 0 Å². The van der Waals surface area contributed by atoms with Crippen LogP contribution in [0.1, 0.15) is 23.5 Å². The first-order valence-corrected chi connectivity index (χ1v) is 10.0. The van der Waals surface area contributed by atoms with Crippen LogP contribution in [0.2, 0.25) is 0 Å². The van der Waals surface area contributed by atoms with E-state index in [-0.39, 0.29) is 17.9 Å². The van der Waals surface area contributed by atoms with Gasteiger partial charge in [0, 0.05) is 31.2 Å². The van der Waals surface area contributed by atoms with Crippen molar-refractivity contribution in [1.82, 2.24) is 24.7 Å². The fourth-order valence-electron chi connectivity index (χ4n) is 3.78. The summed E-state index contributed by atoms with van der Waals surface area (Å²) in [4.78, 5) is 8.87. The van der Waals surface area contributed by atoms with E-state index in [2.05, 4.69) is 20.1 Å². The number of nitrogens with one attached hydrogen (secondary N) is 1. The van der Waals surface area contributed by atoms with Crippen molar-refractivity contribution in [3.05, 3.63) is 84.2 Å². The van der Waals surface area contributed by atoms with Crippen molar-refractivity contribution in [1.29, 1.82) is 0 Å². The quantitative estimate of drug-likeness (QED) is 0.630.